The Morgan fingerprint density at radius 1 is 1.25 bits per heavy atom. The lowest BCUT2D eigenvalue weighted by Gasteiger charge is -2.15. The molecule has 3 heteroatoms. The molecule has 1 aliphatic heterocycles. The molecule has 0 aromatic carbocycles. The number of rotatable bonds is 7. The zero-order chi connectivity index (χ0) is 11.8. The lowest BCUT2D eigenvalue weighted by atomic mass is 10.1. The number of carbonyl (C=O) groups excluding carboxylic acids is 1. The van der Waals surface area contributed by atoms with Gasteiger partial charge in [-0.15, -0.1) is 0 Å². The van der Waals surface area contributed by atoms with Crippen LogP contribution in [0.4, 0.5) is 0 Å². The molecule has 0 bridgehead atoms. The summed E-state index contributed by atoms with van der Waals surface area (Å²) in [5, 5.41) is 9.32. The summed E-state index contributed by atoms with van der Waals surface area (Å²) >= 11 is 0. The zero-order valence-electron chi connectivity index (χ0n) is 10.5. The number of unbranched alkanes of at least 4 members (excludes halogenated alkanes) is 5. The minimum absolute atomic E-state index is 0.229. The van der Waals surface area contributed by atoms with E-state index in [-0.39, 0.29) is 12.0 Å². The van der Waals surface area contributed by atoms with Crippen LogP contribution in [0.5, 0.6) is 0 Å². The number of carbonyl (C=O) groups is 1. The van der Waals surface area contributed by atoms with E-state index < -0.39 is 0 Å². The highest BCUT2D eigenvalue weighted by molar-refractivity contribution is 5.76. The average Bonchev–Trinajstić information content (AvgIpc) is 2.70. The molecular weight excluding hydrogens is 202 g/mol. The predicted molar refractivity (Wildman–Crippen MR) is 65.2 cm³/mol. The fraction of sp³-hybridized carbons (Fsp3) is 0.923. The molecule has 1 rings (SSSR count). The van der Waals surface area contributed by atoms with Crippen LogP contribution in [0.2, 0.25) is 0 Å². The summed E-state index contributed by atoms with van der Waals surface area (Å²) in [5.74, 6) is 0.229. The molecule has 1 heterocycles. The second kappa shape index (κ2) is 7.66. The van der Waals surface area contributed by atoms with Gasteiger partial charge in [-0.2, -0.15) is 0 Å². The summed E-state index contributed by atoms with van der Waals surface area (Å²) in [6, 6.07) is 0. The molecule has 0 aromatic heterocycles. The van der Waals surface area contributed by atoms with Gasteiger partial charge in [0.1, 0.15) is 0 Å². The van der Waals surface area contributed by atoms with Crippen molar-refractivity contribution in [1.29, 1.82) is 0 Å². The Labute approximate surface area is 98.8 Å². The summed E-state index contributed by atoms with van der Waals surface area (Å²) in [4.78, 5) is 13.5. The van der Waals surface area contributed by atoms with Crippen molar-refractivity contribution in [3.63, 3.8) is 0 Å². The molecule has 94 valence electrons. The molecule has 0 aromatic rings. The average molecular weight is 227 g/mol. The maximum absolute atomic E-state index is 11.7. The minimum Gasteiger partial charge on any atom is -0.391 e. The number of amides is 1. The van der Waals surface area contributed by atoms with Crippen molar-refractivity contribution in [2.24, 2.45) is 0 Å². The summed E-state index contributed by atoms with van der Waals surface area (Å²) < 4.78 is 0. The minimum atomic E-state index is -0.284. The van der Waals surface area contributed by atoms with Gasteiger partial charge in [0.15, 0.2) is 0 Å². The monoisotopic (exact) mass is 227 g/mol. The number of hydrogen-bond donors (Lipinski definition) is 1. The molecule has 1 saturated heterocycles. The molecule has 1 fully saturated rings. The van der Waals surface area contributed by atoms with Crippen LogP contribution in [0.15, 0.2) is 0 Å². The van der Waals surface area contributed by atoms with Crippen molar-refractivity contribution < 1.29 is 9.90 Å². The highest BCUT2D eigenvalue weighted by Gasteiger charge is 2.23. The van der Waals surface area contributed by atoms with Crippen molar-refractivity contribution >= 4 is 5.91 Å². The number of nitrogens with zero attached hydrogens (tertiary/aromatic N) is 1. The van der Waals surface area contributed by atoms with E-state index in [0.717, 1.165) is 19.4 Å². The first kappa shape index (κ1) is 13.5. The van der Waals surface area contributed by atoms with E-state index in [1.807, 2.05) is 0 Å². The van der Waals surface area contributed by atoms with E-state index in [1.54, 1.807) is 4.90 Å². The normalized spacial score (nSPS) is 20.4. The van der Waals surface area contributed by atoms with Crippen molar-refractivity contribution in [2.45, 2.75) is 64.4 Å². The molecule has 0 aliphatic carbocycles. The van der Waals surface area contributed by atoms with Gasteiger partial charge in [-0.1, -0.05) is 39.0 Å². The molecule has 16 heavy (non-hydrogen) atoms. The van der Waals surface area contributed by atoms with Crippen LogP contribution in [-0.2, 0) is 4.79 Å². The van der Waals surface area contributed by atoms with Crippen LogP contribution in [0.1, 0.15) is 58.3 Å². The molecule has 0 unspecified atom stereocenters. The van der Waals surface area contributed by atoms with E-state index in [9.17, 15) is 9.90 Å². The second-order valence-corrected chi connectivity index (χ2v) is 4.80. The van der Waals surface area contributed by atoms with E-state index in [2.05, 4.69) is 6.92 Å². The molecule has 1 amide bonds. The Kier molecular flexibility index (Phi) is 6.46. The van der Waals surface area contributed by atoms with Gasteiger partial charge < -0.3 is 10.0 Å². The van der Waals surface area contributed by atoms with Crippen molar-refractivity contribution in [3.8, 4) is 0 Å². The van der Waals surface area contributed by atoms with Crippen molar-refractivity contribution in [3.05, 3.63) is 0 Å². The third-order valence-electron chi connectivity index (χ3n) is 3.26. The SMILES string of the molecule is CCCCCCCCC(=O)N1CC[C@@H](O)C1. The Morgan fingerprint density at radius 2 is 1.94 bits per heavy atom. The first-order chi connectivity index (χ1) is 7.74. The van der Waals surface area contributed by atoms with Crippen LogP contribution in [0.25, 0.3) is 0 Å². The number of aliphatic hydroxyl groups excluding tert-OH is 1. The van der Waals surface area contributed by atoms with Gasteiger partial charge in [-0.05, 0) is 12.8 Å². The fourth-order valence-electron chi connectivity index (χ4n) is 2.18. The van der Waals surface area contributed by atoms with Crippen molar-refractivity contribution in [1.82, 2.24) is 4.90 Å². The molecule has 1 aliphatic rings. The highest BCUT2D eigenvalue weighted by Crippen LogP contribution is 2.13. The molecule has 1 N–H and O–H groups in total. The number of likely N-dealkylation sites (tertiary alicyclic amines) is 1. The first-order valence-corrected chi connectivity index (χ1v) is 6.70. The summed E-state index contributed by atoms with van der Waals surface area (Å²) in [6.45, 7) is 3.51. The third kappa shape index (κ3) is 4.97. The molecule has 0 saturated carbocycles. The van der Waals surface area contributed by atoms with Gasteiger partial charge in [-0.3, -0.25) is 4.79 Å². The number of β-amino-alcohol motifs (C(OH)–C–C–N with tert-alkyl or cyclic N) is 1. The largest absolute Gasteiger partial charge is 0.391 e. The number of hydrogen-bond acceptors (Lipinski definition) is 2. The lowest BCUT2D eigenvalue weighted by Crippen LogP contribution is -2.29. The van der Waals surface area contributed by atoms with E-state index in [0.29, 0.717) is 13.0 Å². The molecule has 1 atom stereocenters. The van der Waals surface area contributed by atoms with Crippen LogP contribution < -0.4 is 0 Å². The second-order valence-electron chi connectivity index (χ2n) is 4.80. The maximum atomic E-state index is 11.7. The smallest absolute Gasteiger partial charge is 0.222 e. The predicted octanol–water partition coefficient (Wildman–Crippen LogP) is 2.33. The van der Waals surface area contributed by atoms with E-state index >= 15 is 0 Å². The highest BCUT2D eigenvalue weighted by atomic mass is 16.3. The van der Waals surface area contributed by atoms with Gasteiger partial charge in [0.25, 0.3) is 0 Å². The molecule has 3 nitrogen and oxygen atoms in total. The standard InChI is InChI=1S/C13H25NO2/c1-2-3-4-5-6-7-8-13(16)14-10-9-12(15)11-14/h12,15H,2-11H2,1H3/t12-/m1/s1. The molecule has 0 spiro atoms. The van der Waals surface area contributed by atoms with Gasteiger partial charge in [0, 0.05) is 19.5 Å². The zero-order valence-corrected chi connectivity index (χ0v) is 10.5. The summed E-state index contributed by atoms with van der Waals surface area (Å²) in [6.07, 6.45) is 8.44. The topological polar surface area (TPSA) is 40.5 Å². The Morgan fingerprint density at radius 3 is 2.56 bits per heavy atom. The third-order valence-corrected chi connectivity index (χ3v) is 3.26. The van der Waals surface area contributed by atoms with E-state index in [4.69, 9.17) is 0 Å². The Hall–Kier alpha value is -0.570. The van der Waals surface area contributed by atoms with Gasteiger partial charge in [-0.25, -0.2) is 0 Å². The molecule has 0 radical (unpaired) electrons. The van der Waals surface area contributed by atoms with Crippen molar-refractivity contribution in [2.75, 3.05) is 13.1 Å². The van der Waals surface area contributed by atoms with Gasteiger partial charge >= 0.3 is 0 Å². The Balaban J connectivity index is 1.98. The summed E-state index contributed by atoms with van der Waals surface area (Å²) in [5.41, 5.74) is 0. The van der Waals surface area contributed by atoms with Crippen LogP contribution in [0, 0.1) is 0 Å². The van der Waals surface area contributed by atoms with Crippen LogP contribution in [-0.4, -0.2) is 35.1 Å². The molecular formula is C13H25NO2. The quantitative estimate of drug-likeness (QED) is 0.678. The van der Waals surface area contributed by atoms with E-state index in [1.165, 1.54) is 32.1 Å². The Bertz CT molecular complexity index is 206. The van der Waals surface area contributed by atoms with Crippen LogP contribution in [0.3, 0.4) is 0 Å². The van der Waals surface area contributed by atoms with Crippen LogP contribution >= 0.6 is 0 Å². The van der Waals surface area contributed by atoms with Gasteiger partial charge in [0.05, 0.1) is 6.10 Å². The maximum Gasteiger partial charge on any atom is 0.222 e. The first-order valence-electron chi connectivity index (χ1n) is 6.70. The lowest BCUT2D eigenvalue weighted by molar-refractivity contribution is -0.130. The summed E-state index contributed by atoms with van der Waals surface area (Å²) in [7, 11) is 0. The fourth-order valence-corrected chi connectivity index (χ4v) is 2.18. The number of aliphatic hydroxyl groups is 1. The van der Waals surface area contributed by atoms with Gasteiger partial charge in [0.2, 0.25) is 5.91 Å².